The summed E-state index contributed by atoms with van der Waals surface area (Å²) in [4.78, 5) is 24.0. The number of rotatable bonds is 6. The summed E-state index contributed by atoms with van der Waals surface area (Å²) in [5.41, 5.74) is 0. The van der Waals surface area contributed by atoms with E-state index in [1.165, 1.54) is 0 Å². The van der Waals surface area contributed by atoms with Gasteiger partial charge in [-0.2, -0.15) is 0 Å². The number of hydrogen-bond donors (Lipinski definition) is 0. The van der Waals surface area contributed by atoms with Gasteiger partial charge < -0.3 is 18.9 Å². The third kappa shape index (κ3) is 4.18. The Hall–Kier alpha value is -1.14. The van der Waals surface area contributed by atoms with Crippen molar-refractivity contribution in [2.75, 3.05) is 19.8 Å². The molecule has 20 heavy (non-hydrogen) atoms. The van der Waals surface area contributed by atoms with Crippen LogP contribution in [0.5, 0.6) is 0 Å². The number of esters is 2. The van der Waals surface area contributed by atoms with Crippen LogP contribution in [0.25, 0.3) is 0 Å². The van der Waals surface area contributed by atoms with Crippen LogP contribution in [0, 0.1) is 11.8 Å². The summed E-state index contributed by atoms with van der Waals surface area (Å²) >= 11 is 0. The van der Waals surface area contributed by atoms with Crippen LogP contribution in [-0.2, 0) is 28.5 Å². The second kappa shape index (κ2) is 7.04. The fraction of sp³-hybridized carbons (Fsp3) is 0.857. The Morgan fingerprint density at radius 3 is 2.05 bits per heavy atom. The number of ether oxygens (including phenoxy) is 4. The van der Waals surface area contributed by atoms with Crippen molar-refractivity contribution in [1.82, 2.24) is 0 Å². The van der Waals surface area contributed by atoms with Crippen molar-refractivity contribution in [3.05, 3.63) is 0 Å². The quantitative estimate of drug-likeness (QED) is 0.545. The molecule has 1 aliphatic rings. The Balaban J connectivity index is 2.81. The lowest BCUT2D eigenvalue weighted by atomic mass is 9.89. The molecule has 0 spiro atoms. The first-order chi connectivity index (χ1) is 9.32. The summed E-state index contributed by atoms with van der Waals surface area (Å²) < 4.78 is 21.1. The second-order valence-electron chi connectivity index (χ2n) is 5.21. The van der Waals surface area contributed by atoms with E-state index in [0.717, 1.165) is 0 Å². The smallest absolute Gasteiger partial charge is 0.320 e. The molecule has 1 heterocycles. The largest absolute Gasteiger partial charge is 0.465 e. The third-order valence-corrected chi connectivity index (χ3v) is 3.22. The first kappa shape index (κ1) is 16.9. The van der Waals surface area contributed by atoms with E-state index in [1.807, 2.05) is 0 Å². The molecule has 0 radical (unpaired) electrons. The highest BCUT2D eigenvalue weighted by molar-refractivity contribution is 5.95. The molecule has 0 bridgehead atoms. The van der Waals surface area contributed by atoms with Gasteiger partial charge in [0.15, 0.2) is 11.7 Å². The lowest BCUT2D eigenvalue weighted by Gasteiger charge is -2.25. The fourth-order valence-corrected chi connectivity index (χ4v) is 2.18. The molecule has 116 valence electrons. The Labute approximate surface area is 119 Å². The van der Waals surface area contributed by atoms with E-state index in [4.69, 9.17) is 18.9 Å². The van der Waals surface area contributed by atoms with Crippen LogP contribution >= 0.6 is 0 Å². The average molecular weight is 288 g/mol. The molecule has 0 aromatic heterocycles. The standard InChI is InChI=1S/C14H24O6/c1-6-17-12(15)11(13(16)18-7-2)9(3)10-8-19-14(4,5)20-10/h9-11H,6-8H2,1-5H3. The zero-order valence-corrected chi connectivity index (χ0v) is 12.8. The summed E-state index contributed by atoms with van der Waals surface area (Å²) in [7, 11) is 0. The minimum absolute atomic E-state index is 0.217. The van der Waals surface area contributed by atoms with Crippen LogP contribution in [0.4, 0.5) is 0 Å². The van der Waals surface area contributed by atoms with Gasteiger partial charge in [0.2, 0.25) is 0 Å². The minimum atomic E-state index is -0.989. The maximum Gasteiger partial charge on any atom is 0.320 e. The topological polar surface area (TPSA) is 71.1 Å². The molecule has 2 atom stereocenters. The molecule has 0 aliphatic carbocycles. The van der Waals surface area contributed by atoms with Gasteiger partial charge in [0.25, 0.3) is 0 Å². The van der Waals surface area contributed by atoms with E-state index in [2.05, 4.69) is 0 Å². The molecular weight excluding hydrogens is 264 g/mol. The van der Waals surface area contributed by atoms with Gasteiger partial charge in [-0.3, -0.25) is 9.59 Å². The molecule has 1 fully saturated rings. The second-order valence-corrected chi connectivity index (χ2v) is 5.21. The Kier molecular flexibility index (Phi) is 5.95. The van der Waals surface area contributed by atoms with Crippen molar-refractivity contribution in [3.8, 4) is 0 Å². The van der Waals surface area contributed by atoms with E-state index in [0.29, 0.717) is 6.61 Å². The van der Waals surface area contributed by atoms with E-state index in [1.54, 1.807) is 34.6 Å². The zero-order valence-electron chi connectivity index (χ0n) is 12.8. The summed E-state index contributed by atoms with van der Waals surface area (Å²) in [6.45, 7) is 9.53. The van der Waals surface area contributed by atoms with E-state index < -0.39 is 23.6 Å². The monoisotopic (exact) mass is 288 g/mol. The SMILES string of the molecule is CCOC(=O)C(C(=O)OCC)C(C)C1COC(C)(C)O1. The van der Waals surface area contributed by atoms with Crippen molar-refractivity contribution in [2.24, 2.45) is 11.8 Å². The molecule has 2 unspecified atom stereocenters. The van der Waals surface area contributed by atoms with Crippen LogP contribution in [0.2, 0.25) is 0 Å². The minimum Gasteiger partial charge on any atom is -0.465 e. The van der Waals surface area contributed by atoms with Crippen LogP contribution in [-0.4, -0.2) is 43.7 Å². The van der Waals surface area contributed by atoms with E-state index >= 15 is 0 Å². The van der Waals surface area contributed by atoms with Crippen molar-refractivity contribution in [2.45, 2.75) is 46.5 Å². The predicted octanol–water partition coefficient (Wildman–Crippen LogP) is 1.52. The number of hydrogen-bond acceptors (Lipinski definition) is 6. The van der Waals surface area contributed by atoms with Gasteiger partial charge in [-0.15, -0.1) is 0 Å². The zero-order chi connectivity index (χ0) is 15.3. The molecule has 1 rings (SSSR count). The van der Waals surface area contributed by atoms with Gasteiger partial charge in [0, 0.05) is 5.92 Å². The van der Waals surface area contributed by atoms with Crippen LogP contribution in [0.15, 0.2) is 0 Å². The Morgan fingerprint density at radius 1 is 1.20 bits per heavy atom. The van der Waals surface area contributed by atoms with Crippen molar-refractivity contribution in [3.63, 3.8) is 0 Å². The molecule has 6 nitrogen and oxygen atoms in total. The molecule has 0 N–H and O–H groups in total. The van der Waals surface area contributed by atoms with Gasteiger partial charge in [0.1, 0.15) is 0 Å². The summed E-state index contributed by atoms with van der Waals surface area (Å²) in [5.74, 6) is -3.22. The van der Waals surface area contributed by atoms with Gasteiger partial charge in [-0.1, -0.05) is 6.92 Å². The van der Waals surface area contributed by atoms with Crippen molar-refractivity contribution < 1.29 is 28.5 Å². The maximum atomic E-state index is 12.0. The first-order valence-corrected chi connectivity index (χ1v) is 6.97. The van der Waals surface area contributed by atoms with Gasteiger partial charge in [-0.05, 0) is 27.7 Å². The Bertz CT molecular complexity index is 334. The van der Waals surface area contributed by atoms with Crippen molar-refractivity contribution in [1.29, 1.82) is 0 Å². The van der Waals surface area contributed by atoms with Gasteiger partial charge >= 0.3 is 11.9 Å². The maximum absolute atomic E-state index is 12.0. The van der Waals surface area contributed by atoms with Crippen molar-refractivity contribution >= 4 is 11.9 Å². The molecule has 0 saturated carbocycles. The van der Waals surface area contributed by atoms with Gasteiger partial charge in [-0.25, -0.2) is 0 Å². The van der Waals surface area contributed by atoms with Crippen LogP contribution < -0.4 is 0 Å². The molecule has 1 saturated heterocycles. The van der Waals surface area contributed by atoms with E-state index in [9.17, 15) is 9.59 Å². The summed E-state index contributed by atoms with van der Waals surface area (Å²) in [6, 6.07) is 0. The molecular formula is C14H24O6. The molecule has 0 amide bonds. The lowest BCUT2D eigenvalue weighted by molar-refractivity contribution is -0.172. The Morgan fingerprint density at radius 2 is 1.70 bits per heavy atom. The molecule has 1 aliphatic heterocycles. The molecule has 0 aromatic carbocycles. The van der Waals surface area contributed by atoms with Gasteiger partial charge in [0.05, 0.1) is 25.9 Å². The fourth-order valence-electron chi connectivity index (χ4n) is 2.18. The highest BCUT2D eigenvalue weighted by atomic mass is 16.7. The third-order valence-electron chi connectivity index (χ3n) is 3.22. The molecule has 6 heteroatoms. The normalized spacial score (nSPS) is 22.6. The average Bonchev–Trinajstić information content (AvgIpc) is 2.70. The highest BCUT2D eigenvalue weighted by Gasteiger charge is 2.44. The van der Waals surface area contributed by atoms with E-state index in [-0.39, 0.29) is 25.2 Å². The summed E-state index contributed by atoms with van der Waals surface area (Å²) in [5, 5.41) is 0. The number of carbonyl (C=O) groups excluding carboxylic acids is 2. The van der Waals surface area contributed by atoms with Crippen LogP contribution in [0.3, 0.4) is 0 Å². The predicted molar refractivity (Wildman–Crippen MR) is 70.8 cm³/mol. The first-order valence-electron chi connectivity index (χ1n) is 6.97. The lowest BCUT2D eigenvalue weighted by Crippen LogP contribution is -2.40. The number of carbonyl (C=O) groups is 2. The molecule has 0 aromatic rings. The highest BCUT2D eigenvalue weighted by Crippen LogP contribution is 2.31. The van der Waals surface area contributed by atoms with Crippen LogP contribution in [0.1, 0.15) is 34.6 Å². The summed E-state index contributed by atoms with van der Waals surface area (Å²) in [6.07, 6.45) is -0.344.